The topological polar surface area (TPSA) is 18.5 Å². The first-order chi connectivity index (χ1) is 5.89. The molecule has 0 spiro atoms. The van der Waals surface area contributed by atoms with Crippen LogP contribution < -0.4 is 0 Å². The third kappa shape index (κ3) is 3.12. The summed E-state index contributed by atoms with van der Waals surface area (Å²) >= 11 is 0. The number of hydrogen-bond acceptors (Lipinski definition) is 2. The molecule has 0 saturated heterocycles. The second kappa shape index (κ2) is 3.81. The summed E-state index contributed by atoms with van der Waals surface area (Å²) in [5.41, 5.74) is 0.0363. The minimum atomic E-state index is -0.118. The maximum Gasteiger partial charge on any atom is 0.163 e. The van der Waals surface area contributed by atoms with Crippen molar-refractivity contribution in [3.05, 3.63) is 12.2 Å². The zero-order valence-electron chi connectivity index (χ0n) is 9.20. The van der Waals surface area contributed by atoms with Crippen LogP contribution in [0.15, 0.2) is 12.2 Å². The van der Waals surface area contributed by atoms with Crippen molar-refractivity contribution in [2.24, 2.45) is 5.41 Å². The molecule has 0 aromatic rings. The van der Waals surface area contributed by atoms with Crippen molar-refractivity contribution >= 4 is 0 Å². The van der Waals surface area contributed by atoms with Crippen LogP contribution in [-0.4, -0.2) is 18.5 Å². The fourth-order valence-electron chi connectivity index (χ4n) is 1.23. The summed E-state index contributed by atoms with van der Waals surface area (Å²) in [7, 11) is 0. The Morgan fingerprint density at radius 3 is 1.62 bits per heavy atom. The molecule has 76 valence electrons. The predicted molar refractivity (Wildman–Crippen MR) is 53.5 cm³/mol. The van der Waals surface area contributed by atoms with Gasteiger partial charge in [-0.25, -0.2) is 0 Å². The number of rotatable bonds is 0. The van der Waals surface area contributed by atoms with E-state index in [1.807, 2.05) is 13.8 Å². The first-order valence-electron chi connectivity index (χ1n) is 4.89. The van der Waals surface area contributed by atoms with Crippen LogP contribution in [0.5, 0.6) is 0 Å². The first-order valence-corrected chi connectivity index (χ1v) is 4.89. The number of ether oxygens (including phenoxy) is 2. The van der Waals surface area contributed by atoms with Gasteiger partial charge in [0.05, 0.1) is 12.2 Å². The summed E-state index contributed by atoms with van der Waals surface area (Å²) < 4.78 is 11.5. The van der Waals surface area contributed by atoms with E-state index < -0.39 is 0 Å². The van der Waals surface area contributed by atoms with Gasteiger partial charge < -0.3 is 9.47 Å². The highest BCUT2D eigenvalue weighted by Crippen LogP contribution is 2.27. The van der Waals surface area contributed by atoms with Crippen LogP contribution in [0.25, 0.3) is 0 Å². The van der Waals surface area contributed by atoms with Gasteiger partial charge in [-0.05, 0) is 13.8 Å². The Labute approximate surface area is 80.9 Å². The SMILES string of the molecule is CC1C=CC(C)OC(C(C)(C)C)O1. The van der Waals surface area contributed by atoms with E-state index in [1.54, 1.807) is 0 Å². The van der Waals surface area contributed by atoms with E-state index in [-0.39, 0.29) is 23.9 Å². The second-order valence-corrected chi connectivity index (χ2v) is 4.77. The van der Waals surface area contributed by atoms with Crippen molar-refractivity contribution in [3.63, 3.8) is 0 Å². The Balaban J connectivity index is 2.68. The average Bonchev–Trinajstić information content (AvgIpc) is 2.12. The fourth-order valence-corrected chi connectivity index (χ4v) is 1.23. The zero-order chi connectivity index (χ0) is 10.1. The van der Waals surface area contributed by atoms with E-state index in [0.717, 1.165) is 0 Å². The molecule has 13 heavy (non-hydrogen) atoms. The van der Waals surface area contributed by atoms with Crippen LogP contribution in [0.1, 0.15) is 34.6 Å². The largest absolute Gasteiger partial charge is 0.345 e. The minimum Gasteiger partial charge on any atom is -0.345 e. The van der Waals surface area contributed by atoms with Crippen LogP contribution in [-0.2, 0) is 9.47 Å². The molecule has 0 aromatic carbocycles. The maximum absolute atomic E-state index is 5.74. The summed E-state index contributed by atoms with van der Waals surface area (Å²) in [6.45, 7) is 10.5. The van der Waals surface area contributed by atoms with E-state index in [4.69, 9.17) is 9.47 Å². The lowest BCUT2D eigenvalue weighted by atomic mass is 9.96. The van der Waals surface area contributed by atoms with Crippen LogP contribution in [0.2, 0.25) is 0 Å². The smallest absolute Gasteiger partial charge is 0.163 e. The van der Waals surface area contributed by atoms with E-state index in [2.05, 4.69) is 32.9 Å². The van der Waals surface area contributed by atoms with Gasteiger partial charge in [-0.2, -0.15) is 0 Å². The lowest BCUT2D eigenvalue weighted by molar-refractivity contribution is -0.211. The Bertz CT molecular complexity index is 177. The van der Waals surface area contributed by atoms with Crippen molar-refractivity contribution in [1.29, 1.82) is 0 Å². The van der Waals surface area contributed by atoms with Crippen molar-refractivity contribution < 1.29 is 9.47 Å². The summed E-state index contributed by atoms with van der Waals surface area (Å²) in [5, 5.41) is 0. The molecule has 2 atom stereocenters. The quantitative estimate of drug-likeness (QED) is 0.539. The molecule has 0 fully saturated rings. The third-order valence-corrected chi connectivity index (χ3v) is 2.04. The lowest BCUT2D eigenvalue weighted by Crippen LogP contribution is -2.35. The van der Waals surface area contributed by atoms with E-state index in [1.165, 1.54) is 0 Å². The molecule has 0 aromatic heterocycles. The van der Waals surface area contributed by atoms with E-state index in [0.29, 0.717) is 0 Å². The Hall–Kier alpha value is -0.340. The van der Waals surface area contributed by atoms with E-state index >= 15 is 0 Å². The highest BCUT2D eigenvalue weighted by molar-refractivity contribution is 4.95. The zero-order valence-corrected chi connectivity index (χ0v) is 9.20. The highest BCUT2D eigenvalue weighted by Gasteiger charge is 2.30. The van der Waals surface area contributed by atoms with Crippen LogP contribution in [0, 0.1) is 5.41 Å². The van der Waals surface area contributed by atoms with Crippen molar-refractivity contribution in [1.82, 2.24) is 0 Å². The van der Waals surface area contributed by atoms with Crippen LogP contribution in [0.3, 0.4) is 0 Å². The maximum atomic E-state index is 5.74. The molecule has 1 heterocycles. The van der Waals surface area contributed by atoms with Crippen molar-refractivity contribution in [2.45, 2.75) is 53.1 Å². The van der Waals surface area contributed by atoms with Gasteiger partial charge in [0, 0.05) is 5.41 Å². The standard InChI is InChI=1S/C11H20O2/c1-8-6-7-9(2)13-10(12-8)11(3,4)5/h6-10H,1-5H3. The van der Waals surface area contributed by atoms with Gasteiger partial charge in [-0.1, -0.05) is 32.9 Å². The summed E-state index contributed by atoms with van der Waals surface area (Å²) in [6, 6.07) is 0. The first kappa shape index (κ1) is 10.7. The average molecular weight is 184 g/mol. The molecule has 2 unspecified atom stereocenters. The molecule has 0 amide bonds. The highest BCUT2D eigenvalue weighted by atomic mass is 16.7. The number of hydrogen-bond donors (Lipinski definition) is 0. The van der Waals surface area contributed by atoms with Gasteiger partial charge >= 0.3 is 0 Å². The van der Waals surface area contributed by atoms with Gasteiger partial charge in [0.25, 0.3) is 0 Å². The lowest BCUT2D eigenvalue weighted by Gasteiger charge is -2.31. The van der Waals surface area contributed by atoms with Gasteiger partial charge in [0.15, 0.2) is 6.29 Å². The second-order valence-electron chi connectivity index (χ2n) is 4.77. The molecule has 2 nitrogen and oxygen atoms in total. The summed E-state index contributed by atoms with van der Waals surface area (Å²) in [6.07, 6.45) is 4.28. The molecule has 1 rings (SSSR count). The summed E-state index contributed by atoms with van der Waals surface area (Å²) in [5.74, 6) is 0. The molecule has 1 aliphatic heterocycles. The third-order valence-electron chi connectivity index (χ3n) is 2.04. The van der Waals surface area contributed by atoms with Gasteiger partial charge in [-0.3, -0.25) is 0 Å². The van der Waals surface area contributed by atoms with Crippen LogP contribution in [0.4, 0.5) is 0 Å². The molecule has 0 bridgehead atoms. The Kier molecular flexibility index (Phi) is 3.14. The molecule has 2 heteroatoms. The predicted octanol–water partition coefficient (Wildman–Crippen LogP) is 2.74. The molecule has 1 aliphatic rings. The summed E-state index contributed by atoms with van der Waals surface area (Å²) in [4.78, 5) is 0. The normalized spacial score (nSPS) is 35.9. The van der Waals surface area contributed by atoms with Gasteiger partial charge in [-0.15, -0.1) is 0 Å². The van der Waals surface area contributed by atoms with Gasteiger partial charge in [0.1, 0.15) is 0 Å². The molecule has 0 N–H and O–H groups in total. The fraction of sp³-hybridized carbons (Fsp3) is 0.818. The van der Waals surface area contributed by atoms with E-state index in [9.17, 15) is 0 Å². The van der Waals surface area contributed by atoms with Crippen molar-refractivity contribution in [3.8, 4) is 0 Å². The minimum absolute atomic E-state index is 0.0363. The molecule has 0 saturated carbocycles. The monoisotopic (exact) mass is 184 g/mol. The molecular weight excluding hydrogens is 164 g/mol. The molecule has 0 radical (unpaired) electrons. The Morgan fingerprint density at radius 2 is 1.31 bits per heavy atom. The molecular formula is C11H20O2. The molecule has 0 aliphatic carbocycles. The van der Waals surface area contributed by atoms with Gasteiger partial charge in [0.2, 0.25) is 0 Å². The van der Waals surface area contributed by atoms with Crippen LogP contribution >= 0.6 is 0 Å². The van der Waals surface area contributed by atoms with Crippen molar-refractivity contribution in [2.75, 3.05) is 0 Å². The Morgan fingerprint density at radius 1 is 0.923 bits per heavy atom.